The lowest BCUT2D eigenvalue weighted by Crippen LogP contribution is -2.43. The van der Waals surface area contributed by atoms with Crippen LogP contribution in [0.15, 0.2) is 108 Å². The van der Waals surface area contributed by atoms with E-state index in [1.165, 1.54) is 5.01 Å². The fourth-order valence-corrected chi connectivity index (χ4v) is 3.29. The van der Waals surface area contributed by atoms with Gasteiger partial charge < -0.3 is 4.74 Å². The molecule has 0 unspecified atom stereocenters. The minimum Gasteiger partial charge on any atom is -0.348 e. The summed E-state index contributed by atoms with van der Waals surface area (Å²) >= 11 is 0. The van der Waals surface area contributed by atoms with Crippen molar-refractivity contribution in [2.45, 2.75) is 19.3 Å². The Morgan fingerprint density at radius 3 is 2.17 bits per heavy atom. The van der Waals surface area contributed by atoms with Gasteiger partial charge in [-0.3, -0.25) is 4.79 Å². The molecule has 4 nitrogen and oxygen atoms in total. The maximum Gasteiger partial charge on any atom is 0.276 e. The topological polar surface area (TPSA) is 41.9 Å². The monoisotopic (exact) mass is 382 g/mol. The number of carbonyl (C=O) groups is 1. The fourth-order valence-electron chi connectivity index (χ4n) is 3.29. The number of hydrazone groups is 1. The van der Waals surface area contributed by atoms with Gasteiger partial charge in [0.05, 0.1) is 12.3 Å². The Bertz CT molecular complexity index is 1010. The van der Waals surface area contributed by atoms with Crippen LogP contribution in [0.2, 0.25) is 0 Å². The van der Waals surface area contributed by atoms with Gasteiger partial charge in [0.2, 0.25) is 0 Å². The molecule has 29 heavy (non-hydrogen) atoms. The van der Waals surface area contributed by atoms with Gasteiger partial charge in [0.15, 0.2) is 6.23 Å². The molecule has 1 aliphatic heterocycles. The molecule has 144 valence electrons. The van der Waals surface area contributed by atoms with Gasteiger partial charge in [-0.1, -0.05) is 85.4 Å². The highest BCUT2D eigenvalue weighted by molar-refractivity contribution is 6.04. The number of rotatable bonds is 5. The standard InChI is InChI=1S/C25H22N2O2/c1-19-17-23(21-13-7-3-8-14-21)26-27(24(28)22-15-9-4-10-16-22)25(19)29-18-20-11-5-2-6-12-20/h2-16,25H,1,17-18H2/t25-/m0/s1. The SMILES string of the molecule is C=C1CC(c2ccccc2)=NN(C(=O)c2ccccc2)[C@H]1OCc1ccccc1. The summed E-state index contributed by atoms with van der Waals surface area (Å²) in [5, 5.41) is 6.11. The number of hydrogen-bond donors (Lipinski definition) is 0. The zero-order valence-electron chi connectivity index (χ0n) is 16.1. The number of amides is 1. The molecule has 1 aliphatic rings. The van der Waals surface area contributed by atoms with Gasteiger partial charge in [-0.15, -0.1) is 0 Å². The highest BCUT2D eigenvalue weighted by atomic mass is 16.5. The summed E-state index contributed by atoms with van der Waals surface area (Å²) in [7, 11) is 0. The smallest absolute Gasteiger partial charge is 0.276 e. The quantitative estimate of drug-likeness (QED) is 0.581. The second kappa shape index (κ2) is 8.67. The first-order chi connectivity index (χ1) is 14.2. The van der Waals surface area contributed by atoms with E-state index in [1.807, 2.05) is 78.9 Å². The summed E-state index contributed by atoms with van der Waals surface area (Å²) in [6.45, 7) is 4.58. The predicted octanol–water partition coefficient (Wildman–Crippen LogP) is 5.04. The van der Waals surface area contributed by atoms with E-state index in [4.69, 9.17) is 4.74 Å². The van der Waals surface area contributed by atoms with Crippen molar-refractivity contribution in [3.63, 3.8) is 0 Å². The summed E-state index contributed by atoms with van der Waals surface area (Å²) in [6, 6.07) is 28.9. The molecule has 4 heteroatoms. The molecule has 3 aromatic carbocycles. The Balaban J connectivity index is 1.66. The second-order valence-electron chi connectivity index (χ2n) is 6.91. The Hall–Kier alpha value is -3.50. The van der Waals surface area contributed by atoms with Crippen LogP contribution in [0.3, 0.4) is 0 Å². The van der Waals surface area contributed by atoms with Gasteiger partial charge in [0.1, 0.15) is 0 Å². The van der Waals surface area contributed by atoms with Crippen molar-refractivity contribution in [3.05, 3.63) is 120 Å². The molecule has 3 aromatic rings. The van der Waals surface area contributed by atoms with Crippen LogP contribution in [0.25, 0.3) is 0 Å². The maximum absolute atomic E-state index is 13.2. The zero-order chi connectivity index (χ0) is 20.1. The van der Waals surface area contributed by atoms with Crippen molar-refractivity contribution in [2.75, 3.05) is 0 Å². The van der Waals surface area contributed by atoms with E-state index in [0.717, 1.165) is 22.4 Å². The molecule has 0 saturated heterocycles. The summed E-state index contributed by atoms with van der Waals surface area (Å²) in [4.78, 5) is 13.2. The average Bonchev–Trinajstić information content (AvgIpc) is 2.79. The molecule has 0 N–H and O–H groups in total. The average molecular weight is 382 g/mol. The molecule has 1 amide bonds. The van der Waals surface area contributed by atoms with E-state index in [-0.39, 0.29) is 5.91 Å². The van der Waals surface area contributed by atoms with Crippen LogP contribution in [0.5, 0.6) is 0 Å². The van der Waals surface area contributed by atoms with E-state index < -0.39 is 6.23 Å². The first kappa shape index (κ1) is 18.8. The largest absolute Gasteiger partial charge is 0.348 e. The fraction of sp³-hybridized carbons (Fsp3) is 0.120. The molecule has 1 atom stereocenters. The summed E-state index contributed by atoms with van der Waals surface area (Å²) in [5.41, 5.74) is 4.18. The number of nitrogens with zero attached hydrogens (tertiary/aromatic N) is 2. The van der Waals surface area contributed by atoms with E-state index in [9.17, 15) is 4.79 Å². The third kappa shape index (κ3) is 4.33. The van der Waals surface area contributed by atoms with Crippen LogP contribution in [0, 0.1) is 0 Å². The molecule has 0 bridgehead atoms. The van der Waals surface area contributed by atoms with Gasteiger partial charge >= 0.3 is 0 Å². The first-order valence-corrected chi connectivity index (χ1v) is 9.57. The van der Waals surface area contributed by atoms with Crippen molar-refractivity contribution in [2.24, 2.45) is 5.10 Å². The number of carbonyl (C=O) groups excluding carboxylic acids is 1. The molecule has 0 aliphatic carbocycles. The lowest BCUT2D eigenvalue weighted by molar-refractivity contribution is -0.0354. The Morgan fingerprint density at radius 1 is 0.931 bits per heavy atom. The van der Waals surface area contributed by atoms with Crippen LogP contribution in [-0.2, 0) is 11.3 Å². The van der Waals surface area contributed by atoms with Crippen molar-refractivity contribution in [1.82, 2.24) is 5.01 Å². The van der Waals surface area contributed by atoms with Crippen LogP contribution < -0.4 is 0 Å². The number of ether oxygens (including phenoxy) is 1. The van der Waals surface area contributed by atoms with Gasteiger partial charge in [0, 0.05) is 12.0 Å². The molecule has 0 aromatic heterocycles. The second-order valence-corrected chi connectivity index (χ2v) is 6.91. The van der Waals surface area contributed by atoms with Gasteiger partial charge in [0.25, 0.3) is 5.91 Å². The van der Waals surface area contributed by atoms with Crippen molar-refractivity contribution < 1.29 is 9.53 Å². The Morgan fingerprint density at radius 2 is 1.52 bits per heavy atom. The summed E-state index contributed by atoms with van der Waals surface area (Å²) in [5.74, 6) is -0.210. The van der Waals surface area contributed by atoms with E-state index >= 15 is 0 Å². The predicted molar refractivity (Wildman–Crippen MR) is 114 cm³/mol. The van der Waals surface area contributed by atoms with Crippen molar-refractivity contribution >= 4 is 11.6 Å². The third-order valence-corrected chi connectivity index (χ3v) is 4.78. The van der Waals surface area contributed by atoms with Crippen LogP contribution in [0.1, 0.15) is 27.9 Å². The van der Waals surface area contributed by atoms with Crippen LogP contribution >= 0.6 is 0 Å². The summed E-state index contributed by atoms with van der Waals surface area (Å²) in [6.07, 6.45) is -0.0578. The van der Waals surface area contributed by atoms with E-state index in [2.05, 4.69) is 11.7 Å². The van der Waals surface area contributed by atoms with Crippen molar-refractivity contribution in [1.29, 1.82) is 0 Å². The molecule has 0 saturated carbocycles. The molecular weight excluding hydrogens is 360 g/mol. The van der Waals surface area contributed by atoms with Gasteiger partial charge in [-0.25, -0.2) is 0 Å². The highest BCUT2D eigenvalue weighted by Crippen LogP contribution is 2.26. The van der Waals surface area contributed by atoms with E-state index in [0.29, 0.717) is 18.6 Å². The molecular formula is C25H22N2O2. The van der Waals surface area contributed by atoms with Crippen LogP contribution in [-0.4, -0.2) is 22.9 Å². The minimum atomic E-state index is -0.615. The molecule has 4 rings (SSSR count). The normalized spacial score (nSPS) is 16.4. The minimum absolute atomic E-state index is 0.210. The maximum atomic E-state index is 13.2. The molecule has 1 heterocycles. The highest BCUT2D eigenvalue weighted by Gasteiger charge is 2.33. The zero-order valence-corrected chi connectivity index (χ0v) is 16.1. The van der Waals surface area contributed by atoms with Crippen LogP contribution in [0.4, 0.5) is 0 Å². The molecule has 0 fully saturated rings. The van der Waals surface area contributed by atoms with Gasteiger partial charge in [-0.05, 0) is 28.8 Å². The summed E-state index contributed by atoms with van der Waals surface area (Å²) < 4.78 is 6.12. The lowest BCUT2D eigenvalue weighted by atomic mass is 10.00. The van der Waals surface area contributed by atoms with E-state index in [1.54, 1.807) is 12.1 Å². The van der Waals surface area contributed by atoms with Gasteiger partial charge in [-0.2, -0.15) is 10.1 Å². The lowest BCUT2D eigenvalue weighted by Gasteiger charge is -2.34. The Kier molecular flexibility index (Phi) is 5.63. The third-order valence-electron chi connectivity index (χ3n) is 4.78. The Labute approximate surface area is 170 Å². The van der Waals surface area contributed by atoms with Crippen molar-refractivity contribution in [3.8, 4) is 0 Å². The first-order valence-electron chi connectivity index (χ1n) is 9.57. The molecule has 0 spiro atoms. The molecule has 0 radical (unpaired) electrons. The number of hydrogen-bond acceptors (Lipinski definition) is 3. The number of benzene rings is 3.